The maximum atomic E-state index is 11.0. The third-order valence-electron chi connectivity index (χ3n) is 6.32. The van der Waals surface area contributed by atoms with Crippen LogP contribution in [0.25, 0.3) is 0 Å². The lowest BCUT2D eigenvalue weighted by Crippen LogP contribution is -2.57. The molecule has 33 heavy (non-hydrogen) atoms. The fraction of sp³-hybridized carbons (Fsp3) is 0.259. The minimum atomic E-state index is -0.824. The predicted octanol–water partition coefficient (Wildman–Crippen LogP) is 4.14. The SMILES string of the molecule is C[C@@](NCCc1cccc(CC(=O)O)c1)(c1ccccc1)[C@H]1CNc2cccc(C#N)c2N1. The van der Waals surface area contributed by atoms with Crippen LogP contribution in [0.15, 0.2) is 72.8 Å². The summed E-state index contributed by atoms with van der Waals surface area (Å²) in [5.41, 5.74) is 5.05. The molecule has 4 rings (SSSR count). The summed E-state index contributed by atoms with van der Waals surface area (Å²) >= 11 is 0. The number of para-hydroxylation sites is 1. The molecule has 0 fully saturated rings. The number of carboxylic acid groups (broad SMARTS) is 1. The second-order valence-corrected chi connectivity index (χ2v) is 8.55. The first-order valence-corrected chi connectivity index (χ1v) is 11.1. The Morgan fingerprint density at radius 3 is 2.64 bits per heavy atom. The third kappa shape index (κ3) is 5.00. The number of nitrogens with one attached hydrogen (secondary N) is 3. The number of anilines is 2. The highest BCUT2D eigenvalue weighted by molar-refractivity contribution is 5.77. The van der Waals surface area contributed by atoms with Gasteiger partial charge < -0.3 is 21.1 Å². The molecule has 0 spiro atoms. The van der Waals surface area contributed by atoms with Crippen LogP contribution in [-0.4, -0.2) is 30.2 Å². The minimum Gasteiger partial charge on any atom is -0.481 e. The van der Waals surface area contributed by atoms with Crippen LogP contribution in [0.4, 0.5) is 11.4 Å². The highest BCUT2D eigenvalue weighted by Gasteiger charge is 2.38. The van der Waals surface area contributed by atoms with Gasteiger partial charge in [0.25, 0.3) is 0 Å². The van der Waals surface area contributed by atoms with Crippen LogP contribution in [0.1, 0.15) is 29.2 Å². The standard InChI is InChI=1S/C27H28N4O2/c1-27(22-10-3-2-4-11-22,24-18-29-23-12-6-9-21(17-28)26(23)31-24)30-14-13-19-7-5-8-20(15-19)16-25(32)33/h2-12,15,24,29-31H,13-14,16,18H2,1H3,(H,32,33)/t24-,27-/m1/s1. The summed E-state index contributed by atoms with van der Waals surface area (Å²) in [6.45, 7) is 3.60. The van der Waals surface area contributed by atoms with E-state index < -0.39 is 11.5 Å². The summed E-state index contributed by atoms with van der Waals surface area (Å²) in [5.74, 6) is -0.824. The molecule has 0 bridgehead atoms. The number of rotatable bonds is 8. The Kier molecular flexibility index (Phi) is 6.62. The molecule has 2 atom stereocenters. The largest absolute Gasteiger partial charge is 0.481 e. The van der Waals surface area contributed by atoms with Crippen molar-refractivity contribution in [3.8, 4) is 6.07 Å². The summed E-state index contributed by atoms with van der Waals surface area (Å²) in [7, 11) is 0. The number of fused-ring (bicyclic) bond motifs is 1. The lowest BCUT2D eigenvalue weighted by molar-refractivity contribution is -0.136. The normalized spacial score (nSPS) is 16.4. The topological polar surface area (TPSA) is 97.2 Å². The van der Waals surface area contributed by atoms with Gasteiger partial charge >= 0.3 is 5.97 Å². The van der Waals surface area contributed by atoms with Crippen molar-refractivity contribution >= 4 is 17.3 Å². The molecule has 0 aliphatic carbocycles. The Balaban J connectivity index is 1.55. The number of carbonyl (C=O) groups is 1. The van der Waals surface area contributed by atoms with Crippen molar-refractivity contribution in [1.29, 1.82) is 5.26 Å². The molecule has 0 unspecified atom stereocenters. The average molecular weight is 441 g/mol. The summed E-state index contributed by atoms with van der Waals surface area (Å²) in [6, 6.07) is 26.1. The molecule has 1 aliphatic rings. The summed E-state index contributed by atoms with van der Waals surface area (Å²) < 4.78 is 0. The zero-order valence-electron chi connectivity index (χ0n) is 18.6. The molecule has 0 amide bonds. The quantitative estimate of drug-likeness (QED) is 0.420. The van der Waals surface area contributed by atoms with E-state index in [2.05, 4.69) is 41.1 Å². The van der Waals surface area contributed by atoms with Gasteiger partial charge in [0.1, 0.15) is 6.07 Å². The molecule has 1 aliphatic heterocycles. The smallest absolute Gasteiger partial charge is 0.307 e. The van der Waals surface area contributed by atoms with E-state index in [1.807, 2.05) is 60.7 Å². The van der Waals surface area contributed by atoms with Gasteiger partial charge in [0.05, 0.1) is 34.9 Å². The number of hydrogen-bond acceptors (Lipinski definition) is 5. The van der Waals surface area contributed by atoms with Crippen LogP contribution < -0.4 is 16.0 Å². The molecule has 0 saturated heterocycles. The molecule has 6 nitrogen and oxygen atoms in total. The van der Waals surface area contributed by atoms with E-state index in [0.717, 1.165) is 34.5 Å². The molecule has 4 N–H and O–H groups in total. The van der Waals surface area contributed by atoms with Gasteiger partial charge in [0.2, 0.25) is 0 Å². The van der Waals surface area contributed by atoms with Crippen LogP contribution in [0.3, 0.4) is 0 Å². The van der Waals surface area contributed by atoms with E-state index in [4.69, 9.17) is 5.11 Å². The van der Waals surface area contributed by atoms with Crippen molar-refractivity contribution in [2.24, 2.45) is 0 Å². The number of nitrogens with zero attached hydrogens (tertiary/aromatic N) is 1. The molecular formula is C27H28N4O2. The zero-order valence-corrected chi connectivity index (χ0v) is 18.6. The molecular weight excluding hydrogens is 412 g/mol. The number of aliphatic carboxylic acids is 1. The minimum absolute atomic E-state index is 0.000227. The highest BCUT2D eigenvalue weighted by Crippen LogP contribution is 2.35. The van der Waals surface area contributed by atoms with Crippen molar-refractivity contribution in [1.82, 2.24) is 5.32 Å². The highest BCUT2D eigenvalue weighted by atomic mass is 16.4. The Hall–Kier alpha value is -3.82. The van der Waals surface area contributed by atoms with Crippen molar-refractivity contribution in [2.75, 3.05) is 23.7 Å². The van der Waals surface area contributed by atoms with Gasteiger partial charge in [-0.1, -0.05) is 60.7 Å². The van der Waals surface area contributed by atoms with Crippen molar-refractivity contribution in [3.05, 3.63) is 95.1 Å². The molecule has 0 radical (unpaired) electrons. The van der Waals surface area contributed by atoms with Crippen LogP contribution in [-0.2, 0) is 23.2 Å². The van der Waals surface area contributed by atoms with Gasteiger partial charge in [-0.25, -0.2) is 0 Å². The van der Waals surface area contributed by atoms with Crippen molar-refractivity contribution < 1.29 is 9.90 Å². The molecule has 0 aromatic heterocycles. The first kappa shape index (κ1) is 22.4. The summed E-state index contributed by atoms with van der Waals surface area (Å²) in [5, 5.41) is 29.5. The molecule has 1 heterocycles. The van der Waals surface area contributed by atoms with E-state index >= 15 is 0 Å². The van der Waals surface area contributed by atoms with Crippen LogP contribution in [0.2, 0.25) is 0 Å². The second kappa shape index (κ2) is 9.76. The number of hydrogen-bond donors (Lipinski definition) is 4. The zero-order chi connectivity index (χ0) is 23.3. The Morgan fingerprint density at radius 2 is 1.88 bits per heavy atom. The van der Waals surface area contributed by atoms with Gasteiger partial charge in [-0.15, -0.1) is 0 Å². The van der Waals surface area contributed by atoms with E-state index in [1.165, 1.54) is 0 Å². The maximum absolute atomic E-state index is 11.0. The Morgan fingerprint density at radius 1 is 1.12 bits per heavy atom. The van der Waals surface area contributed by atoms with Crippen molar-refractivity contribution in [2.45, 2.75) is 31.3 Å². The lowest BCUT2D eigenvalue weighted by atomic mass is 9.82. The number of benzene rings is 3. The van der Waals surface area contributed by atoms with Gasteiger partial charge in [0.15, 0.2) is 0 Å². The average Bonchev–Trinajstić information content (AvgIpc) is 2.83. The maximum Gasteiger partial charge on any atom is 0.307 e. The van der Waals surface area contributed by atoms with Crippen molar-refractivity contribution in [3.63, 3.8) is 0 Å². The van der Waals surface area contributed by atoms with E-state index in [1.54, 1.807) is 0 Å². The predicted molar refractivity (Wildman–Crippen MR) is 130 cm³/mol. The lowest BCUT2D eigenvalue weighted by Gasteiger charge is -2.43. The molecule has 168 valence electrons. The number of carboxylic acids is 1. The summed E-state index contributed by atoms with van der Waals surface area (Å²) in [6.07, 6.45) is 0.803. The Labute approximate surface area is 194 Å². The van der Waals surface area contributed by atoms with Crippen LogP contribution >= 0.6 is 0 Å². The molecule has 0 saturated carbocycles. The molecule has 6 heteroatoms. The fourth-order valence-electron chi connectivity index (χ4n) is 4.48. The fourth-order valence-corrected chi connectivity index (χ4v) is 4.48. The molecule has 3 aromatic carbocycles. The monoisotopic (exact) mass is 440 g/mol. The first-order chi connectivity index (χ1) is 16.0. The van der Waals surface area contributed by atoms with Crippen LogP contribution in [0.5, 0.6) is 0 Å². The second-order valence-electron chi connectivity index (χ2n) is 8.55. The summed E-state index contributed by atoms with van der Waals surface area (Å²) in [4.78, 5) is 11.0. The van der Waals surface area contributed by atoms with Gasteiger partial charge in [-0.05, 0) is 42.2 Å². The van der Waals surface area contributed by atoms with Gasteiger partial charge in [-0.2, -0.15) is 5.26 Å². The first-order valence-electron chi connectivity index (χ1n) is 11.1. The van der Waals surface area contributed by atoms with E-state index in [9.17, 15) is 10.1 Å². The van der Waals surface area contributed by atoms with Gasteiger partial charge in [-0.3, -0.25) is 4.79 Å². The van der Waals surface area contributed by atoms with E-state index in [0.29, 0.717) is 18.7 Å². The number of nitriles is 1. The molecule has 3 aromatic rings. The third-order valence-corrected chi connectivity index (χ3v) is 6.32. The van der Waals surface area contributed by atoms with Gasteiger partial charge in [0, 0.05) is 13.1 Å². The Bertz CT molecular complexity index is 1170. The van der Waals surface area contributed by atoms with E-state index in [-0.39, 0.29) is 12.5 Å². The van der Waals surface area contributed by atoms with Crippen LogP contribution in [0, 0.1) is 11.3 Å².